The van der Waals surface area contributed by atoms with Crippen molar-refractivity contribution in [1.82, 2.24) is 14.5 Å². The molecule has 2 aromatic rings. The van der Waals surface area contributed by atoms with Gasteiger partial charge in [0.25, 0.3) is 0 Å². The summed E-state index contributed by atoms with van der Waals surface area (Å²) >= 11 is 0. The van der Waals surface area contributed by atoms with E-state index in [0.29, 0.717) is 6.04 Å². The Kier molecular flexibility index (Phi) is 4.55. The summed E-state index contributed by atoms with van der Waals surface area (Å²) in [7, 11) is 0. The number of imidazole rings is 1. The van der Waals surface area contributed by atoms with Crippen molar-refractivity contribution in [2.75, 3.05) is 25.0 Å². The molecule has 0 aliphatic carbocycles. The second kappa shape index (κ2) is 6.76. The largest absolute Gasteiger partial charge is 0.356 e. The van der Waals surface area contributed by atoms with Gasteiger partial charge in [0, 0.05) is 44.6 Å². The molecule has 0 saturated carbocycles. The van der Waals surface area contributed by atoms with E-state index in [1.807, 2.05) is 6.20 Å². The third-order valence-corrected chi connectivity index (χ3v) is 4.20. The second-order valence-electron chi connectivity index (χ2n) is 5.68. The highest BCUT2D eigenvalue weighted by Gasteiger charge is 2.21. The van der Waals surface area contributed by atoms with Crippen LogP contribution in [0, 0.1) is 0 Å². The lowest BCUT2D eigenvalue weighted by atomic mass is 10.0. The molecule has 1 N–H and O–H groups in total. The van der Waals surface area contributed by atoms with Crippen LogP contribution in [0.3, 0.4) is 0 Å². The molecule has 0 amide bonds. The average Bonchev–Trinajstić information content (AvgIpc) is 2.98. The summed E-state index contributed by atoms with van der Waals surface area (Å²) in [5, 5.41) is 3.34. The minimum Gasteiger partial charge on any atom is -0.356 e. The van der Waals surface area contributed by atoms with Crippen molar-refractivity contribution in [1.29, 1.82) is 0 Å². The normalized spacial score (nSPS) is 17.0. The lowest BCUT2D eigenvalue weighted by Gasteiger charge is -2.33. The summed E-state index contributed by atoms with van der Waals surface area (Å²) in [6, 6.07) is 11.3. The summed E-state index contributed by atoms with van der Waals surface area (Å²) in [6.07, 6.45) is 6.40. The van der Waals surface area contributed by atoms with Crippen LogP contribution in [0.15, 0.2) is 42.7 Å². The van der Waals surface area contributed by atoms with E-state index in [2.05, 4.69) is 63.2 Å². The molecule has 2 heterocycles. The summed E-state index contributed by atoms with van der Waals surface area (Å²) in [4.78, 5) is 6.96. The van der Waals surface area contributed by atoms with Gasteiger partial charge in [-0.1, -0.05) is 30.3 Å². The Morgan fingerprint density at radius 2 is 1.95 bits per heavy atom. The van der Waals surface area contributed by atoms with Gasteiger partial charge in [-0.05, 0) is 25.3 Å². The van der Waals surface area contributed by atoms with Crippen molar-refractivity contribution in [3.05, 3.63) is 48.3 Å². The lowest BCUT2D eigenvalue weighted by Crippen LogP contribution is -2.34. The molecule has 112 valence electrons. The molecule has 0 spiro atoms. The molecule has 4 heteroatoms. The van der Waals surface area contributed by atoms with Gasteiger partial charge in [-0.25, -0.2) is 4.98 Å². The van der Waals surface area contributed by atoms with E-state index in [-0.39, 0.29) is 0 Å². The molecular formula is C17H24N4. The quantitative estimate of drug-likeness (QED) is 0.915. The van der Waals surface area contributed by atoms with Crippen LogP contribution >= 0.6 is 0 Å². The Bertz CT molecular complexity index is 541. The Morgan fingerprint density at radius 3 is 2.67 bits per heavy atom. The third-order valence-electron chi connectivity index (χ3n) is 4.20. The molecule has 4 nitrogen and oxygen atoms in total. The Balaban J connectivity index is 1.56. The fourth-order valence-corrected chi connectivity index (χ4v) is 3.10. The Morgan fingerprint density at radius 1 is 1.19 bits per heavy atom. The van der Waals surface area contributed by atoms with Crippen LogP contribution < -0.4 is 5.32 Å². The predicted molar refractivity (Wildman–Crippen MR) is 86.4 cm³/mol. The highest BCUT2D eigenvalue weighted by Crippen LogP contribution is 2.26. The number of hydrogen-bond acceptors (Lipinski definition) is 3. The molecule has 1 aliphatic heterocycles. The smallest absolute Gasteiger partial charge is 0.203 e. The van der Waals surface area contributed by atoms with Gasteiger partial charge in [0.1, 0.15) is 0 Å². The number of aromatic nitrogens is 2. The molecule has 1 fully saturated rings. The number of rotatable bonds is 5. The van der Waals surface area contributed by atoms with Gasteiger partial charge >= 0.3 is 0 Å². The van der Waals surface area contributed by atoms with Gasteiger partial charge in [0.15, 0.2) is 0 Å². The highest BCUT2D eigenvalue weighted by atomic mass is 15.2. The minimum atomic E-state index is 0.577. The summed E-state index contributed by atoms with van der Waals surface area (Å²) in [6.45, 7) is 6.41. The predicted octanol–water partition coefficient (Wildman–Crippen LogP) is 3.15. The van der Waals surface area contributed by atoms with Crippen LogP contribution in [0.1, 0.15) is 31.4 Å². The Labute approximate surface area is 126 Å². The van der Waals surface area contributed by atoms with Crippen LogP contribution in [-0.2, 0) is 6.54 Å². The van der Waals surface area contributed by atoms with Crippen molar-refractivity contribution in [3.63, 3.8) is 0 Å². The zero-order valence-corrected chi connectivity index (χ0v) is 12.7. The first-order valence-electron chi connectivity index (χ1n) is 7.90. The molecule has 1 aliphatic rings. The number of hydrogen-bond donors (Lipinski definition) is 1. The molecule has 0 radical (unpaired) electrons. The van der Waals surface area contributed by atoms with Crippen molar-refractivity contribution in [2.24, 2.45) is 0 Å². The molecule has 0 atom stereocenters. The van der Waals surface area contributed by atoms with E-state index < -0.39 is 0 Å². The summed E-state index contributed by atoms with van der Waals surface area (Å²) in [5.74, 6) is 1.01. The van der Waals surface area contributed by atoms with Crippen molar-refractivity contribution < 1.29 is 0 Å². The van der Waals surface area contributed by atoms with Crippen LogP contribution in [0.4, 0.5) is 5.95 Å². The topological polar surface area (TPSA) is 33.1 Å². The number of anilines is 1. The maximum atomic E-state index is 4.41. The first-order valence-corrected chi connectivity index (χ1v) is 7.90. The summed E-state index contributed by atoms with van der Waals surface area (Å²) < 4.78 is 2.31. The van der Waals surface area contributed by atoms with E-state index in [0.717, 1.165) is 32.1 Å². The molecule has 21 heavy (non-hydrogen) atoms. The van der Waals surface area contributed by atoms with E-state index in [1.54, 1.807) is 0 Å². The number of nitrogens with one attached hydrogen (secondary N) is 1. The lowest BCUT2D eigenvalue weighted by molar-refractivity contribution is 0.180. The zero-order chi connectivity index (χ0) is 14.5. The van der Waals surface area contributed by atoms with Gasteiger partial charge in [-0.3, -0.25) is 4.90 Å². The third kappa shape index (κ3) is 3.45. The van der Waals surface area contributed by atoms with Gasteiger partial charge in [-0.15, -0.1) is 0 Å². The van der Waals surface area contributed by atoms with Gasteiger partial charge < -0.3 is 9.88 Å². The number of likely N-dealkylation sites (tertiary alicyclic amines) is 1. The highest BCUT2D eigenvalue weighted by molar-refractivity contribution is 5.26. The van der Waals surface area contributed by atoms with Gasteiger partial charge in [0.2, 0.25) is 5.95 Å². The fourth-order valence-electron chi connectivity index (χ4n) is 3.10. The van der Waals surface area contributed by atoms with Gasteiger partial charge in [0.05, 0.1) is 0 Å². The Hall–Kier alpha value is -1.81. The van der Waals surface area contributed by atoms with Crippen molar-refractivity contribution in [3.8, 4) is 0 Å². The van der Waals surface area contributed by atoms with E-state index in [9.17, 15) is 0 Å². The second-order valence-corrected chi connectivity index (χ2v) is 5.68. The van der Waals surface area contributed by atoms with Crippen LogP contribution in [0.5, 0.6) is 0 Å². The number of piperidine rings is 1. The molecular weight excluding hydrogens is 260 g/mol. The molecule has 0 bridgehead atoms. The van der Waals surface area contributed by atoms with Crippen LogP contribution in [0.2, 0.25) is 0 Å². The SMILES string of the molecule is CCNc1nccn1C1CCN(Cc2ccccc2)CC1. The molecule has 1 aromatic heterocycles. The standard InChI is InChI=1S/C17H24N4/c1-2-18-17-19-10-13-21(17)16-8-11-20(12-9-16)14-15-6-4-3-5-7-15/h3-7,10,13,16H,2,8-9,11-12,14H2,1H3,(H,18,19). The fraction of sp³-hybridized carbons (Fsp3) is 0.471. The number of benzene rings is 1. The van der Waals surface area contributed by atoms with Crippen molar-refractivity contribution in [2.45, 2.75) is 32.4 Å². The molecule has 1 aromatic carbocycles. The summed E-state index contributed by atoms with van der Waals surface area (Å²) in [5.41, 5.74) is 1.41. The number of nitrogens with zero attached hydrogens (tertiary/aromatic N) is 3. The van der Waals surface area contributed by atoms with Crippen LogP contribution in [-0.4, -0.2) is 34.1 Å². The van der Waals surface area contributed by atoms with Crippen LogP contribution in [0.25, 0.3) is 0 Å². The molecule has 1 saturated heterocycles. The zero-order valence-electron chi connectivity index (χ0n) is 12.7. The molecule has 3 rings (SSSR count). The minimum absolute atomic E-state index is 0.577. The van der Waals surface area contributed by atoms with E-state index in [4.69, 9.17) is 0 Å². The first kappa shape index (κ1) is 14.1. The van der Waals surface area contributed by atoms with Crippen molar-refractivity contribution >= 4 is 5.95 Å². The first-order chi connectivity index (χ1) is 10.4. The maximum Gasteiger partial charge on any atom is 0.203 e. The molecule has 0 unspecified atom stereocenters. The van der Waals surface area contributed by atoms with E-state index in [1.165, 1.54) is 18.4 Å². The maximum absolute atomic E-state index is 4.41. The average molecular weight is 284 g/mol. The van der Waals surface area contributed by atoms with Gasteiger partial charge in [-0.2, -0.15) is 0 Å². The van der Waals surface area contributed by atoms with E-state index >= 15 is 0 Å². The monoisotopic (exact) mass is 284 g/mol.